The van der Waals surface area contributed by atoms with Gasteiger partial charge in [0.15, 0.2) is 0 Å². The number of hydrogen-bond donors (Lipinski definition) is 1. The minimum absolute atomic E-state index is 0.121. The Hall–Kier alpha value is -3.74. The van der Waals surface area contributed by atoms with Crippen molar-refractivity contribution in [1.82, 2.24) is 10.3 Å². The van der Waals surface area contributed by atoms with Gasteiger partial charge in [0.2, 0.25) is 5.88 Å². The number of carbonyl (C=O) groups is 2. The van der Waals surface area contributed by atoms with E-state index in [0.717, 1.165) is 5.56 Å². The lowest BCUT2D eigenvalue weighted by molar-refractivity contribution is -0.143. The second-order valence-corrected chi connectivity index (χ2v) is 7.88. The summed E-state index contributed by atoms with van der Waals surface area (Å²) in [5.41, 5.74) is 0.487. The summed E-state index contributed by atoms with van der Waals surface area (Å²) < 4.78 is 24.0. The normalized spacial score (nSPS) is 11.0. The number of ether oxygens (including phenoxy) is 2. The zero-order valence-corrected chi connectivity index (χ0v) is 17.5. The zero-order valence-electron chi connectivity index (χ0n) is 17.5. The molecule has 0 fully saturated rings. The summed E-state index contributed by atoms with van der Waals surface area (Å²) in [5, 5.41) is 2.81. The maximum absolute atomic E-state index is 13.1. The number of pyridine rings is 1. The van der Waals surface area contributed by atoms with Crippen LogP contribution in [0.4, 0.5) is 4.39 Å². The number of rotatable bonds is 6. The lowest BCUT2D eigenvalue weighted by atomic mass is 9.97. The maximum Gasteiger partial charge on any atom is 0.316 e. The van der Waals surface area contributed by atoms with Crippen LogP contribution in [0.3, 0.4) is 0 Å². The summed E-state index contributed by atoms with van der Waals surface area (Å²) in [4.78, 5) is 28.7. The van der Waals surface area contributed by atoms with Crippen molar-refractivity contribution in [3.8, 4) is 17.4 Å². The van der Waals surface area contributed by atoms with Gasteiger partial charge in [-0.3, -0.25) is 9.59 Å². The molecule has 1 N–H and O–H groups in total. The monoisotopic (exact) mass is 422 g/mol. The number of nitrogens with one attached hydrogen (secondary N) is 1. The summed E-state index contributed by atoms with van der Waals surface area (Å²) in [7, 11) is 0. The van der Waals surface area contributed by atoms with E-state index < -0.39 is 5.41 Å². The molecule has 160 valence electrons. The van der Waals surface area contributed by atoms with Crippen molar-refractivity contribution in [2.24, 2.45) is 5.41 Å². The molecule has 7 heteroatoms. The number of carbonyl (C=O) groups excluding carboxylic acids is 2. The third kappa shape index (κ3) is 6.12. The number of amides is 1. The topological polar surface area (TPSA) is 77.5 Å². The van der Waals surface area contributed by atoms with Gasteiger partial charge in [-0.15, -0.1) is 0 Å². The molecule has 0 saturated heterocycles. The van der Waals surface area contributed by atoms with E-state index in [2.05, 4.69) is 10.3 Å². The van der Waals surface area contributed by atoms with Crippen molar-refractivity contribution < 1.29 is 23.5 Å². The number of benzene rings is 2. The number of halogens is 1. The molecular weight excluding hydrogens is 399 g/mol. The fraction of sp³-hybridized carbons (Fsp3) is 0.208. The second kappa shape index (κ2) is 9.38. The molecule has 31 heavy (non-hydrogen) atoms. The molecule has 0 atom stereocenters. The molecule has 0 unspecified atom stereocenters. The highest BCUT2D eigenvalue weighted by Gasteiger charge is 2.23. The van der Waals surface area contributed by atoms with Crippen molar-refractivity contribution in [1.29, 1.82) is 0 Å². The minimum atomic E-state index is -0.593. The standard InChI is InChI=1S/C24H23FN2O4/c1-24(2,3)23(29)31-19-10-6-16(7-11-19)15-27-21(28)20-5-4-14-26-22(20)30-18-12-8-17(25)9-13-18/h4-14H,15H2,1-3H3,(H,27,28). The summed E-state index contributed by atoms with van der Waals surface area (Å²) in [6.07, 6.45) is 1.51. The van der Waals surface area contributed by atoms with E-state index >= 15 is 0 Å². The molecule has 6 nitrogen and oxygen atoms in total. The average Bonchev–Trinajstić information content (AvgIpc) is 2.74. The van der Waals surface area contributed by atoms with Gasteiger partial charge in [-0.2, -0.15) is 0 Å². The lowest BCUT2D eigenvalue weighted by Gasteiger charge is -2.16. The molecule has 0 saturated carbocycles. The van der Waals surface area contributed by atoms with Gasteiger partial charge in [0.25, 0.3) is 5.91 Å². The summed E-state index contributed by atoms with van der Waals surface area (Å²) in [5.74, 6) is -0.138. The van der Waals surface area contributed by atoms with Crippen LogP contribution in [-0.4, -0.2) is 16.9 Å². The second-order valence-electron chi connectivity index (χ2n) is 7.88. The van der Waals surface area contributed by atoms with Gasteiger partial charge in [0, 0.05) is 12.7 Å². The lowest BCUT2D eigenvalue weighted by Crippen LogP contribution is -2.25. The maximum atomic E-state index is 13.1. The van der Waals surface area contributed by atoms with Gasteiger partial charge in [0.1, 0.15) is 22.9 Å². The minimum Gasteiger partial charge on any atom is -0.438 e. The van der Waals surface area contributed by atoms with Crippen LogP contribution in [0.15, 0.2) is 66.9 Å². The highest BCUT2D eigenvalue weighted by atomic mass is 19.1. The van der Waals surface area contributed by atoms with E-state index in [1.165, 1.54) is 30.5 Å². The Bertz CT molecular complexity index is 1060. The van der Waals surface area contributed by atoms with Crippen molar-refractivity contribution in [3.63, 3.8) is 0 Å². The van der Waals surface area contributed by atoms with Crippen LogP contribution in [0.1, 0.15) is 36.7 Å². The van der Waals surface area contributed by atoms with Crippen LogP contribution in [0.2, 0.25) is 0 Å². The van der Waals surface area contributed by atoms with Crippen molar-refractivity contribution in [2.75, 3.05) is 0 Å². The summed E-state index contributed by atoms with van der Waals surface area (Å²) in [6, 6.07) is 15.6. The predicted octanol–water partition coefficient (Wildman–Crippen LogP) is 4.89. The van der Waals surface area contributed by atoms with Crippen LogP contribution in [0.5, 0.6) is 17.4 Å². The van der Waals surface area contributed by atoms with Gasteiger partial charge in [-0.25, -0.2) is 9.37 Å². The van der Waals surface area contributed by atoms with Crippen LogP contribution >= 0.6 is 0 Å². The molecule has 0 aliphatic carbocycles. The largest absolute Gasteiger partial charge is 0.438 e. The van der Waals surface area contributed by atoms with Crippen LogP contribution < -0.4 is 14.8 Å². The first-order chi connectivity index (χ1) is 14.7. The Morgan fingerprint density at radius 2 is 1.61 bits per heavy atom. The fourth-order valence-corrected chi connectivity index (χ4v) is 2.47. The molecule has 0 radical (unpaired) electrons. The molecule has 0 bridgehead atoms. The quantitative estimate of drug-likeness (QED) is 0.452. The molecule has 3 aromatic rings. The van der Waals surface area contributed by atoms with Crippen molar-refractivity contribution in [2.45, 2.75) is 27.3 Å². The molecule has 2 aromatic carbocycles. The van der Waals surface area contributed by atoms with Crippen molar-refractivity contribution >= 4 is 11.9 Å². The first-order valence-electron chi connectivity index (χ1n) is 9.70. The Labute approximate surface area is 180 Å². The first kappa shape index (κ1) is 22.0. The number of nitrogens with zero attached hydrogens (tertiary/aromatic N) is 1. The number of esters is 1. The molecular formula is C24H23FN2O4. The summed E-state index contributed by atoms with van der Waals surface area (Å²) >= 11 is 0. The summed E-state index contributed by atoms with van der Waals surface area (Å²) in [6.45, 7) is 5.61. The van der Waals surface area contributed by atoms with E-state index in [9.17, 15) is 14.0 Å². The highest BCUT2D eigenvalue weighted by Crippen LogP contribution is 2.23. The zero-order chi connectivity index (χ0) is 22.4. The Balaban J connectivity index is 1.62. The Morgan fingerprint density at radius 3 is 2.26 bits per heavy atom. The molecule has 1 aromatic heterocycles. The SMILES string of the molecule is CC(C)(C)C(=O)Oc1ccc(CNC(=O)c2cccnc2Oc2ccc(F)cc2)cc1. The Kier molecular flexibility index (Phi) is 6.65. The van der Waals surface area contributed by atoms with E-state index in [-0.39, 0.29) is 35.7 Å². The Morgan fingerprint density at radius 1 is 0.968 bits per heavy atom. The fourth-order valence-electron chi connectivity index (χ4n) is 2.47. The third-order valence-electron chi connectivity index (χ3n) is 4.24. The van der Waals surface area contributed by atoms with E-state index in [0.29, 0.717) is 11.5 Å². The number of hydrogen-bond acceptors (Lipinski definition) is 5. The predicted molar refractivity (Wildman–Crippen MR) is 113 cm³/mol. The van der Waals surface area contributed by atoms with E-state index in [1.54, 1.807) is 57.2 Å². The first-order valence-corrected chi connectivity index (χ1v) is 9.70. The van der Waals surface area contributed by atoms with Gasteiger partial charge >= 0.3 is 5.97 Å². The molecule has 1 amide bonds. The molecule has 0 aliphatic heterocycles. The molecule has 0 spiro atoms. The molecule has 0 aliphatic rings. The van der Waals surface area contributed by atoms with Gasteiger partial charge in [-0.05, 0) is 74.9 Å². The molecule has 1 heterocycles. The van der Waals surface area contributed by atoms with Gasteiger partial charge in [-0.1, -0.05) is 12.1 Å². The molecule has 3 rings (SSSR count). The average molecular weight is 422 g/mol. The third-order valence-corrected chi connectivity index (χ3v) is 4.24. The van der Waals surface area contributed by atoms with E-state index in [4.69, 9.17) is 9.47 Å². The van der Waals surface area contributed by atoms with Gasteiger partial charge < -0.3 is 14.8 Å². The smallest absolute Gasteiger partial charge is 0.316 e. The van der Waals surface area contributed by atoms with Crippen LogP contribution in [0.25, 0.3) is 0 Å². The van der Waals surface area contributed by atoms with Gasteiger partial charge in [0.05, 0.1) is 5.41 Å². The van der Waals surface area contributed by atoms with E-state index in [1.807, 2.05) is 0 Å². The van der Waals surface area contributed by atoms with Crippen LogP contribution in [-0.2, 0) is 11.3 Å². The number of aromatic nitrogens is 1. The van der Waals surface area contributed by atoms with Crippen LogP contribution in [0, 0.1) is 11.2 Å². The van der Waals surface area contributed by atoms with Crippen molar-refractivity contribution in [3.05, 3.63) is 83.8 Å². The highest BCUT2D eigenvalue weighted by molar-refractivity contribution is 5.96.